The number of hydrogen-bond donors (Lipinski definition) is 0. The van der Waals surface area contributed by atoms with E-state index in [0.717, 1.165) is 15.7 Å². The van der Waals surface area contributed by atoms with Crippen molar-refractivity contribution in [2.75, 3.05) is 13.6 Å². The first-order chi connectivity index (χ1) is 12.0. The highest BCUT2D eigenvalue weighted by molar-refractivity contribution is 9.10. The van der Waals surface area contributed by atoms with E-state index >= 15 is 0 Å². The number of rotatable bonds is 5. The van der Waals surface area contributed by atoms with Crippen LogP contribution < -0.4 is 0 Å². The van der Waals surface area contributed by atoms with Crippen molar-refractivity contribution in [1.29, 1.82) is 0 Å². The number of nitrogens with zero attached hydrogens (tertiary/aromatic N) is 3. The number of pyridine rings is 1. The lowest BCUT2D eigenvalue weighted by molar-refractivity contribution is -0.135. The van der Waals surface area contributed by atoms with Gasteiger partial charge in [-0.15, -0.1) is 0 Å². The van der Waals surface area contributed by atoms with Crippen LogP contribution in [-0.4, -0.2) is 40.2 Å². The van der Waals surface area contributed by atoms with Crippen molar-refractivity contribution in [2.24, 2.45) is 5.92 Å². The van der Waals surface area contributed by atoms with E-state index in [1.165, 1.54) is 0 Å². The summed E-state index contributed by atoms with van der Waals surface area (Å²) in [7, 11) is 1.79. The fraction of sp³-hybridized carbons (Fsp3) is 0.316. The molecule has 0 unspecified atom stereocenters. The largest absolute Gasteiger partial charge is 0.341 e. The normalized spacial score (nSPS) is 17.0. The maximum atomic E-state index is 12.7. The van der Waals surface area contributed by atoms with Gasteiger partial charge in [0.05, 0.1) is 18.2 Å². The van der Waals surface area contributed by atoms with E-state index in [-0.39, 0.29) is 24.2 Å². The lowest BCUT2D eigenvalue weighted by Gasteiger charge is -2.21. The van der Waals surface area contributed by atoms with Crippen molar-refractivity contribution in [2.45, 2.75) is 19.5 Å². The Balaban J connectivity index is 1.59. The Kier molecular flexibility index (Phi) is 5.48. The van der Waals surface area contributed by atoms with Gasteiger partial charge in [-0.05, 0) is 29.8 Å². The Morgan fingerprint density at radius 2 is 2.04 bits per heavy atom. The van der Waals surface area contributed by atoms with Gasteiger partial charge in [0, 0.05) is 37.2 Å². The van der Waals surface area contributed by atoms with Gasteiger partial charge < -0.3 is 9.80 Å². The zero-order valence-corrected chi connectivity index (χ0v) is 15.6. The molecule has 1 aliphatic rings. The van der Waals surface area contributed by atoms with Crippen molar-refractivity contribution in [1.82, 2.24) is 14.8 Å². The molecule has 1 aliphatic heterocycles. The summed E-state index contributed by atoms with van der Waals surface area (Å²) in [5, 5.41) is 0. The minimum atomic E-state index is -0.281. The third-order valence-corrected chi connectivity index (χ3v) is 4.88. The van der Waals surface area contributed by atoms with Crippen LogP contribution in [-0.2, 0) is 22.7 Å². The van der Waals surface area contributed by atoms with E-state index in [2.05, 4.69) is 20.9 Å². The molecule has 0 bridgehead atoms. The summed E-state index contributed by atoms with van der Waals surface area (Å²) in [5.74, 6) is -0.252. The molecule has 130 valence electrons. The fourth-order valence-electron chi connectivity index (χ4n) is 3.03. The van der Waals surface area contributed by atoms with Gasteiger partial charge in [-0.1, -0.05) is 34.1 Å². The molecule has 0 spiro atoms. The first kappa shape index (κ1) is 17.6. The topological polar surface area (TPSA) is 53.5 Å². The molecule has 2 aromatic rings. The molecule has 1 saturated heterocycles. The Morgan fingerprint density at radius 3 is 2.72 bits per heavy atom. The molecule has 2 amide bonds. The SMILES string of the molecule is CN(Cc1ccc(Br)cc1)C(=O)[C@@H]1CC(=O)N(Cc2ccccn2)C1. The van der Waals surface area contributed by atoms with Gasteiger partial charge in [0.1, 0.15) is 0 Å². The molecule has 3 rings (SSSR count). The van der Waals surface area contributed by atoms with Crippen molar-refractivity contribution in [3.05, 3.63) is 64.4 Å². The van der Waals surface area contributed by atoms with Gasteiger partial charge in [-0.3, -0.25) is 14.6 Å². The quantitative estimate of drug-likeness (QED) is 0.773. The van der Waals surface area contributed by atoms with E-state index in [1.807, 2.05) is 42.5 Å². The summed E-state index contributed by atoms with van der Waals surface area (Å²) < 4.78 is 1.01. The molecule has 2 heterocycles. The van der Waals surface area contributed by atoms with Crippen LogP contribution in [0.25, 0.3) is 0 Å². The lowest BCUT2D eigenvalue weighted by atomic mass is 10.1. The lowest BCUT2D eigenvalue weighted by Crippen LogP contribution is -2.34. The van der Waals surface area contributed by atoms with Crippen LogP contribution in [0.2, 0.25) is 0 Å². The van der Waals surface area contributed by atoms with Crippen molar-refractivity contribution >= 4 is 27.7 Å². The molecule has 6 heteroatoms. The minimum Gasteiger partial charge on any atom is -0.341 e. The summed E-state index contributed by atoms with van der Waals surface area (Å²) in [5.41, 5.74) is 1.90. The van der Waals surface area contributed by atoms with Gasteiger partial charge in [-0.25, -0.2) is 0 Å². The van der Waals surface area contributed by atoms with Crippen LogP contribution in [0.5, 0.6) is 0 Å². The molecule has 1 aromatic carbocycles. The van der Waals surface area contributed by atoms with E-state index in [0.29, 0.717) is 19.6 Å². The number of likely N-dealkylation sites (tertiary alicyclic amines) is 1. The molecule has 25 heavy (non-hydrogen) atoms. The highest BCUT2D eigenvalue weighted by atomic mass is 79.9. The fourth-order valence-corrected chi connectivity index (χ4v) is 3.30. The summed E-state index contributed by atoms with van der Waals surface area (Å²) >= 11 is 3.41. The van der Waals surface area contributed by atoms with E-state index in [4.69, 9.17) is 0 Å². The van der Waals surface area contributed by atoms with Crippen LogP contribution in [0.3, 0.4) is 0 Å². The van der Waals surface area contributed by atoms with E-state index in [9.17, 15) is 9.59 Å². The molecule has 0 saturated carbocycles. The molecule has 0 N–H and O–H groups in total. The highest BCUT2D eigenvalue weighted by Crippen LogP contribution is 2.22. The van der Waals surface area contributed by atoms with Crippen LogP contribution in [0.1, 0.15) is 17.7 Å². The zero-order valence-electron chi connectivity index (χ0n) is 14.1. The summed E-state index contributed by atoms with van der Waals surface area (Å²) in [6.45, 7) is 1.45. The predicted octanol–water partition coefficient (Wildman–Crippen LogP) is 2.85. The first-order valence-corrected chi connectivity index (χ1v) is 8.99. The zero-order chi connectivity index (χ0) is 17.8. The number of amides is 2. The average Bonchev–Trinajstić information content (AvgIpc) is 2.98. The van der Waals surface area contributed by atoms with Crippen molar-refractivity contribution < 1.29 is 9.59 Å². The van der Waals surface area contributed by atoms with Crippen molar-refractivity contribution in [3.63, 3.8) is 0 Å². The Bertz CT molecular complexity index is 749. The van der Waals surface area contributed by atoms with Gasteiger partial charge >= 0.3 is 0 Å². The maximum Gasteiger partial charge on any atom is 0.228 e. The number of carbonyl (C=O) groups excluding carboxylic acids is 2. The summed E-state index contributed by atoms with van der Waals surface area (Å²) in [4.78, 5) is 32.6. The van der Waals surface area contributed by atoms with Crippen LogP contribution in [0.15, 0.2) is 53.1 Å². The Hall–Kier alpha value is -2.21. The van der Waals surface area contributed by atoms with Gasteiger partial charge in [0.25, 0.3) is 0 Å². The standard InChI is InChI=1S/C19H20BrN3O2/c1-22(11-14-5-7-16(20)8-6-14)19(25)15-10-18(24)23(12-15)13-17-4-2-3-9-21-17/h2-9,15H,10-13H2,1H3/t15-/m1/s1. The number of aromatic nitrogens is 1. The molecular weight excluding hydrogens is 382 g/mol. The van der Waals surface area contributed by atoms with Gasteiger partial charge in [-0.2, -0.15) is 0 Å². The molecular formula is C19H20BrN3O2. The van der Waals surface area contributed by atoms with Crippen LogP contribution in [0, 0.1) is 5.92 Å². The number of benzene rings is 1. The molecule has 5 nitrogen and oxygen atoms in total. The van der Waals surface area contributed by atoms with Crippen molar-refractivity contribution in [3.8, 4) is 0 Å². The molecule has 1 aromatic heterocycles. The predicted molar refractivity (Wildman–Crippen MR) is 98.4 cm³/mol. The molecule has 0 radical (unpaired) electrons. The average molecular weight is 402 g/mol. The smallest absolute Gasteiger partial charge is 0.228 e. The maximum absolute atomic E-state index is 12.7. The minimum absolute atomic E-state index is 0.0137. The van der Waals surface area contributed by atoms with Gasteiger partial charge in [0.15, 0.2) is 0 Å². The Morgan fingerprint density at radius 1 is 1.28 bits per heavy atom. The van der Waals surface area contributed by atoms with E-state index in [1.54, 1.807) is 23.0 Å². The van der Waals surface area contributed by atoms with E-state index < -0.39 is 0 Å². The number of carbonyl (C=O) groups is 2. The second-order valence-electron chi connectivity index (χ2n) is 6.32. The third-order valence-electron chi connectivity index (χ3n) is 4.35. The third kappa shape index (κ3) is 4.45. The first-order valence-electron chi connectivity index (χ1n) is 8.20. The summed E-state index contributed by atoms with van der Waals surface area (Å²) in [6, 6.07) is 13.5. The molecule has 0 aliphatic carbocycles. The van der Waals surface area contributed by atoms with Crippen LogP contribution in [0.4, 0.5) is 0 Å². The summed E-state index contributed by atoms with van der Waals surface area (Å²) in [6.07, 6.45) is 1.99. The molecule has 1 fully saturated rings. The van der Waals surface area contributed by atoms with Gasteiger partial charge in [0.2, 0.25) is 11.8 Å². The molecule has 1 atom stereocenters. The number of hydrogen-bond acceptors (Lipinski definition) is 3. The monoisotopic (exact) mass is 401 g/mol. The van der Waals surface area contributed by atoms with Crippen LogP contribution >= 0.6 is 15.9 Å². The second kappa shape index (κ2) is 7.78. The second-order valence-corrected chi connectivity index (χ2v) is 7.23. The highest BCUT2D eigenvalue weighted by Gasteiger charge is 2.35. The number of halogens is 1. The Labute approximate surface area is 155 Å².